The lowest BCUT2D eigenvalue weighted by Crippen LogP contribution is -2.62. The zero-order chi connectivity index (χ0) is 26.7. The minimum Gasteiger partial charge on any atom is -0.393 e. The molecule has 4 unspecified atom stereocenters. The van der Waals surface area contributed by atoms with E-state index in [1.165, 1.54) is 6.92 Å². The van der Waals surface area contributed by atoms with Crippen LogP contribution in [-0.4, -0.2) is 63.9 Å². The Bertz CT molecular complexity index is 892. The second kappa shape index (κ2) is 10.0. The van der Waals surface area contributed by atoms with Gasteiger partial charge in [-0.25, -0.2) is 4.18 Å². The normalized spacial score (nSPS) is 47.4. The predicted molar refractivity (Wildman–Crippen MR) is 135 cm³/mol. The van der Waals surface area contributed by atoms with E-state index < -0.39 is 28.7 Å². The van der Waals surface area contributed by atoms with E-state index in [0.717, 1.165) is 44.9 Å². The summed E-state index contributed by atoms with van der Waals surface area (Å²) in [4.78, 5) is 0. The smallest absolute Gasteiger partial charge is 0.393 e. The first-order valence-corrected chi connectivity index (χ1v) is 15.3. The molecule has 4 saturated carbocycles. The lowest BCUT2D eigenvalue weighted by Gasteiger charge is -2.63. The minimum atomic E-state index is -4.59. The van der Waals surface area contributed by atoms with Crippen molar-refractivity contribution in [3.63, 3.8) is 0 Å². The van der Waals surface area contributed by atoms with Gasteiger partial charge in [0.05, 0.1) is 30.5 Å². The molecule has 0 aromatic carbocycles. The van der Waals surface area contributed by atoms with Gasteiger partial charge in [-0.3, -0.25) is 4.55 Å². The van der Waals surface area contributed by atoms with E-state index in [4.69, 9.17) is 4.55 Å². The lowest BCUT2D eigenvalue weighted by molar-refractivity contribution is -0.207. The van der Waals surface area contributed by atoms with Gasteiger partial charge in [-0.1, -0.05) is 33.6 Å². The van der Waals surface area contributed by atoms with E-state index in [0.29, 0.717) is 37.0 Å². The second-order valence-electron chi connectivity index (χ2n) is 13.6. The molecule has 0 heterocycles. The summed E-state index contributed by atoms with van der Waals surface area (Å²) in [7, 11) is -4.59. The van der Waals surface area contributed by atoms with Crippen LogP contribution in [0.4, 0.5) is 0 Å². The lowest BCUT2D eigenvalue weighted by atomic mass is 9.43. The summed E-state index contributed by atoms with van der Waals surface area (Å²) in [6.45, 7) is 7.80. The molecule has 4 aliphatic carbocycles. The molecule has 9 heteroatoms. The molecule has 4 fully saturated rings. The SMILES string of the molecule is CC(CCCC(C)(O)COS(=O)(=O)O)[C@H]1CC[C@H]2[C@@H]3[C@H](O)C[C@@H]4C[C@H](O)CCC4(C)[C@H]3C[C@H](O)C12C. The van der Waals surface area contributed by atoms with Crippen molar-refractivity contribution in [3.8, 4) is 0 Å². The Morgan fingerprint density at radius 1 is 1.06 bits per heavy atom. The number of fused-ring (bicyclic) bond motifs is 5. The fraction of sp³-hybridized carbons (Fsp3) is 1.00. The van der Waals surface area contributed by atoms with Crippen molar-refractivity contribution in [1.82, 2.24) is 0 Å². The van der Waals surface area contributed by atoms with Gasteiger partial charge in [0, 0.05) is 0 Å². The third-order valence-corrected chi connectivity index (χ3v) is 11.8. The number of aliphatic hydroxyl groups excluding tert-OH is 3. The molecule has 0 saturated heterocycles. The third-order valence-electron chi connectivity index (χ3n) is 11.4. The van der Waals surface area contributed by atoms with Crippen molar-refractivity contribution < 1.29 is 37.6 Å². The van der Waals surface area contributed by atoms with Gasteiger partial charge in [0.15, 0.2) is 0 Å². The molecule has 5 N–H and O–H groups in total. The number of rotatable bonds is 8. The van der Waals surface area contributed by atoms with E-state index in [9.17, 15) is 28.8 Å². The molecule has 0 amide bonds. The minimum absolute atomic E-state index is 0.0604. The number of hydrogen-bond donors (Lipinski definition) is 5. The standard InChI is InChI=1S/C27H48O8S/c1-16(6-5-10-25(2,31)15-35-36(32,33)34)19-7-8-20-24-21(14-23(30)27(19,20)4)26(3)11-9-18(28)12-17(26)13-22(24)29/h16-24,28-31H,5-15H2,1-4H3,(H,32,33,34)/t16?,17-,18+,19+,20-,21-,22+,23-,24-,25?,26?,27?/m0/s1. The van der Waals surface area contributed by atoms with Crippen LogP contribution in [0.25, 0.3) is 0 Å². The van der Waals surface area contributed by atoms with Crippen molar-refractivity contribution >= 4 is 10.4 Å². The maximum atomic E-state index is 11.7. The molecular formula is C27H48O8S. The summed E-state index contributed by atoms with van der Waals surface area (Å²) in [5, 5.41) is 43.8. The summed E-state index contributed by atoms with van der Waals surface area (Å²) in [6, 6.07) is 0. The van der Waals surface area contributed by atoms with Crippen molar-refractivity contribution in [3.05, 3.63) is 0 Å². The number of aliphatic hydroxyl groups is 4. The molecule has 0 bridgehead atoms. The molecule has 210 valence electrons. The van der Waals surface area contributed by atoms with Crippen LogP contribution in [0.1, 0.15) is 91.9 Å². The molecule has 36 heavy (non-hydrogen) atoms. The molecule has 0 radical (unpaired) electrons. The van der Waals surface area contributed by atoms with Crippen LogP contribution < -0.4 is 0 Å². The van der Waals surface area contributed by atoms with Gasteiger partial charge in [-0.2, -0.15) is 8.42 Å². The summed E-state index contributed by atoms with van der Waals surface area (Å²) < 4.78 is 34.8. The third kappa shape index (κ3) is 5.27. The van der Waals surface area contributed by atoms with Crippen LogP contribution in [0.15, 0.2) is 0 Å². The van der Waals surface area contributed by atoms with Crippen molar-refractivity contribution in [1.29, 1.82) is 0 Å². The van der Waals surface area contributed by atoms with Gasteiger partial charge in [0.2, 0.25) is 0 Å². The van der Waals surface area contributed by atoms with E-state index in [-0.39, 0.29) is 40.8 Å². The first-order chi connectivity index (χ1) is 16.6. The highest BCUT2D eigenvalue weighted by Crippen LogP contribution is 2.68. The Balaban J connectivity index is 1.43. The summed E-state index contributed by atoms with van der Waals surface area (Å²) in [5.74, 6) is 1.65. The highest BCUT2D eigenvalue weighted by Gasteiger charge is 2.65. The van der Waals surface area contributed by atoms with Gasteiger partial charge in [0.1, 0.15) is 0 Å². The molecule has 8 nitrogen and oxygen atoms in total. The van der Waals surface area contributed by atoms with Gasteiger partial charge < -0.3 is 20.4 Å². The molecule has 12 atom stereocenters. The summed E-state index contributed by atoms with van der Waals surface area (Å²) in [5.41, 5.74) is -1.57. The van der Waals surface area contributed by atoms with Crippen molar-refractivity contribution in [2.45, 2.75) is 116 Å². The fourth-order valence-corrected chi connectivity index (χ4v) is 9.81. The highest BCUT2D eigenvalue weighted by atomic mass is 32.3. The van der Waals surface area contributed by atoms with E-state index in [1.54, 1.807) is 0 Å². The first kappa shape index (κ1) is 28.7. The molecule has 4 aliphatic rings. The Morgan fingerprint density at radius 2 is 1.75 bits per heavy atom. The van der Waals surface area contributed by atoms with E-state index >= 15 is 0 Å². The van der Waals surface area contributed by atoms with Gasteiger partial charge in [-0.15, -0.1) is 0 Å². The topological polar surface area (TPSA) is 145 Å². The van der Waals surface area contributed by atoms with Crippen LogP contribution >= 0.6 is 0 Å². The molecule has 0 aromatic rings. The van der Waals surface area contributed by atoms with Gasteiger partial charge in [0.25, 0.3) is 0 Å². The van der Waals surface area contributed by atoms with E-state index in [2.05, 4.69) is 25.0 Å². The Kier molecular flexibility index (Phi) is 8.00. The van der Waals surface area contributed by atoms with Crippen molar-refractivity contribution in [2.24, 2.45) is 46.3 Å². The highest BCUT2D eigenvalue weighted by molar-refractivity contribution is 7.80. The molecule has 0 aromatic heterocycles. The zero-order valence-electron chi connectivity index (χ0n) is 22.3. The Hall–Kier alpha value is -0.290. The molecule has 0 aliphatic heterocycles. The summed E-state index contributed by atoms with van der Waals surface area (Å²) >= 11 is 0. The van der Waals surface area contributed by atoms with Crippen LogP contribution in [0, 0.1) is 46.3 Å². The Morgan fingerprint density at radius 3 is 2.42 bits per heavy atom. The summed E-state index contributed by atoms with van der Waals surface area (Å²) in [6.07, 6.45) is 6.76. The number of hydrogen-bond acceptors (Lipinski definition) is 7. The fourth-order valence-electron chi connectivity index (χ4n) is 9.41. The Labute approximate surface area is 216 Å². The molecule has 0 spiro atoms. The van der Waals surface area contributed by atoms with Crippen LogP contribution in [0.2, 0.25) is 0 Å². The molecule has 4 rings (SSSR count). The monoisotopic (exact) mass is 532 g/mol. The van der Waals surface area contributed by atoms with Gasteiger partial charge in [-0.05, 0) is 105 Å². The maximum absolute atomic E-state index is 11.7. The zero-order valence-corrected chi connectivity index (χ0v) is 23.2. The average molecular weight is 533 g/mol. The first-order valence-electron chi connectivity index (χ1n) is 14.0. The van der Waals surface area contributed by atoms with Crippen LogP contribution in [0.3, 0.4) is 0 Å². The van der Waals surface area contributed by atoms with Gasteiger partial charge >= 0.3 is 10.4 Å². The quantitative estimate of drug-likeness (QED) is 0.299. The average Bonchev–Trinajstić information content (AvgIpc) is 3.12. The second-order valence-corrected chi connectivity index (χ2v) is 14.7. The van der Waals surface area contributed by atoms with Crippen LogP contribution in [-0.2, 0) is 14.6 Å². The maximum Gasteiger partial charge on any atom is 0.397 e. The van der Waals surface area contributed by atoms with Crippen LogP contribution in [0.5, 0.6) is 0 Å². The van der Waals surface area contributed by atoms with Crippen molar-refractivity contribution in [2.75, 3.05) is 6.61 Å². The van der Waals surface area contributed by atoms with E-state index in [1.807, 2.05) is 0 Å². The largest absolute Gasteiger partial charge is 0.397 e. The molecular weight excluding hydrogens is 484 g/mol. The predicted octanol–water partition coefficient (Wildman–Crippen LogP) is 3.32.